The average molecular weight is 1880 g/mol. The van der Waals surface area contributed by atoms with E-state index in [2.05, 4.69) is 45.1 Å². The van der Waals surface area contributed by atoms with Crippen LogP contribution in [-0.2, 0) is 0 Å². The lowest BCUT2D eigenvalue weighted by Crippen LogP contribution is -2.21. The van der Waals surface area contributed by atoms with Gasteiger partial charge < -0.3 is 17.7 Å². The molecule has 0 aliphatic carbocycles. The maximum atomic E-state index is 12.2. The van der Waals surface area contributed by atoms with Crippen LogP contribution in [0.3, 0.4) is 0 Å². The summed E-state index contributed by atoms with van der Waals surface area (Å²) in [5.74, 6) is 5.52. The number of pyridine rings is 5. The normalized spacial score (nSPS) is 11.4. The molecule has 0 aliphatic heterocycles. The number of carbonyl (C=O) groups excluding carboxylic acids is 8. The van der Waals surface area contributed by atoms with Gasteiger partial charge in [-0.3, -0.25) is 68.4 Å². The summed E-state index contributed by atoms with van der Waals surface area (Å²) in [6.45, 7) is 47.9. The summed E-state index contributed by atoms with van der Waals surface area (Å²) in [4.78, 5) is 126. The Morgan fingerprint density at radius 2 is 0.550 bits per heavy atom. The summed E-state index contributed by atoms with van der Waals surface area (Å²) in [5, 5.41) is 6.68. The molecule has 0 fully saturated rings. The summed E-state index contributed by atoms with van der Waals surface area (Å²) in [7, 11) is 0. The molecule has 0 saturated carbocycles. The van der Waals surface area contributed by atoms with Crippen LogP contribution >= 0.6 is 0 Å². The van der Waals surface area contributed by atoms with E-state index in [1.807, 2.05) is 392 Å². The molecule has 1 N–H and O–H groups in total. The molecule has 5 aromatic carbocycles. The molecule has 140 heavy (non-hydrogen) atoms. The van der Waals surface area contributed by atoms with Crippen molar-refractivity contribution >= 4 is 46.3 Å². The van der Waals surface area contributed by atoms with Gasteiger partial charge in [0, 0.05) is 196 Å². The predicted octanol–water partition coefficient (Wildman–Crippen LogP) is 29.8. The quantitative estimate of drug-likeness (QED) is 0.0879. The van der Waals surface area contributed by atoms with E-state index in [0.29, 0.717) is 28.2 Å². The molecule has 0 bridgehead atoms. The summed E-state index contributed by atoms with van der Waals surface area (Å²) in [5.41, 5.74) is 12.9. The first kappa shape index (κ1) is 108. The van der Waals surface area contributed by atoms with Crippen LogP contribution in [0.4, 0.5) is 0 Å². The molecule has 0 atom stereocenters. The highest BCUT2D eigenvalue weighted by Crippen LogP contribution is 2.35. The summed E-state index contributed by atoms with van der Waals surface area (Å²) < 4.78 is 21.5. The van der Waals surface area contributed by atoms with Gasteiger partial charge in [-0.1, -0.05) is 257 Å². The van der Waals surface area contributed by atoms with E-state index >= 15 is 0 Å². The van der Waals surface area contributed by atoms with E-state index < -0.39 is 16.2 Å². The number of benzene rings is 5. The fourth-order valence-corrected chi connectivity index (χ4v) is 13.5. The summed E-state index contributed by atoms with van der Waals surface area (Å²) in [6, 6.07) is 69.7. The molecular formula is C119H129N9O12. The predicted molar refractivity (Wildman–Crippen MR) is 556 cm³/mol. The Kier molecular flexibility index (Phi) is 36.8. The molecule has 0 radical (unpaired) electrons. The van der Waals surface area contributed by atoms with Gasteiger partial charge in [-0.2, -0.15) is 5.10 Å². The first-order valence-corrected chi connectivity index (χ1v) is 46.3. The molecule has 722 valence electrons. The second-order valence-electron chi connectivity index (χ2n) is 41.8. The van der Waals surface area contributed by atoms with Gasteiger partial charge in [-0.25, -0.2) is 9.97 Å². The molecule has 11 heterocycles. The minimum atomic E-state index is -0.422. The number of hydrogen-bond donors (Lipinski definition) is 1. The Morgan fingerprint density at radius 1 is 0.236 bits per heavy atom. The van der Waals surface area contributed by atoms with Gasteiger partial charge in [0.05, 0.1) is 25.0 Å². The number of nitrogens with one attached hydrogen (secondary N) is 1. The third-order valence-corrected chi connectivity index (χ3v) is 21.2. The number of nitrogens with zero attached hydrogens (tertiary/aromatic N) is 8. The van der Waals surface area contributed by atoms with Crippen molar-refractivity contribution in [3.05, 3.63) is 374 Å². The standard InChI is InChI=1S/C16H17NO.C16H18O2.2C15H16N2O.C15H16O2.C14H16N2O.2C14H15NO2/c1-16(2,3)15(18)14-6-4-5-13(11-14)12-7-9-17-10-8-12;1-11-8-9-14(18-11)12-6-5-7-13(10-12)15(17)16(2,3)4;1-15(2,3)14(18)13-8-12(9-17-10-13)11-4-6-16-7-5-11;1-15(2,3)13(18)11-6-4-7-12(10-11)14-16-8-5-9-17-14;1-15(2,3)14(16)12-7-4-6-11(10-12)13-8-5-9-17-13;1-14(2,3)13(17)11-6-4-5-10(7-11)12-8-15-16-9-12;1-14(2,3)13(16)11-9-10(6-7-15-11)12-5-4-8-17-12;1-14(2,3)13(16)11-7-10(8-15-9-11)12-5-4-6-17-12/h4-11H,1-3H3;5-10H,1-4H3;2*4-10H,1-3H3;4-10H,1-3H3;4-9H,1-3H3,(H,15,16);2*4-9H,1-3H3. The molecule has 0 aliphatic rings. The van der Waals surface area contributed by atoms with Gasteiger partial charge >= 0.3 is 0 Å². The minimum Gasteiger partial charge on any atom is -0.464 e. The topological polar surface area (TPSA) is 308 Å². The van der Waals surface area contributed by atoms with Crippen molar-refractivity contribution in [2.75, 3.05) is 0 Å². The molecule has 0 unspecified atom stereocenters. The third kappa shape index (κ3) is 32.1. The minimum absolute atomic E-state index is 0.0332. The van der Waals surface area contributed by atoms with Crippen LogP contribution in [0.25, 0.3) is 90.1 Å². The van der Waals surface area contributed by atoms with Crippen molar-refractivity contribution < 1.29 is 56.0 Å². The first-order chi connectivity index (χ1) is 65.8. The number of H-pyrrole nitrogens is 1. The van der Waals surface area contributed by atoms with Crippen LogP contribution in [0.5, 0.6) is 0 Å². The number of aromatic amines is 1. The Balaban J connectivity index is 0.000000179. The van der Waals surface area contributed by atoms with E-state index in [9.17, 15) is 38.4 Å². The molecule has 16 rings (SSSR count). The zero-order chi connectivity index (χ0) is 103. The van der Waals surface area contributed by atoms with Crippen LogP contribution in [0.1, 0.15) is 255 Å². The van der Waals surface area contributed by atoms with Crippen LogP contribution < -0.4 is 0 Å². The van der Waals surface area contributed by atoms with Crippen LogP contribution in [0.15, 0.2) is 341 Å². The fourth-order valence-electron chi connectivity index (χ4n) is 13.5. The fraction of sp³-hybridized carbons (Fsp3) is 0.277. The first-order valence-electron chi connectivity index (χ1n) is 46.3. The summed E-state index contributed by atoms with van der Waals surface area (Å²) >= 11 is 0. The second-order valence-corrected chi connectivity index (χ2v) is 41.8. The smallest absolute Gasteiger partial charge is 0.186 e. The van der Waals surface area contributed by atoms with E-state index in [1.165, 1.54) is 0 Å². The van der Waals surface area contributed by atoms with Crippen LogP contribution in [-0.4, -0.2) is 91.4 Å². The zero-order valence-electron chi connectivity index (χ0n) is 85.1. The lowest BCUT2D eigenvalue weighted by molar-refractivity contribution is 0.0848. The maximum absolute atomic E-state index is 12.2. The number of ketones is 8. The SMILES string of the molecule is CC(C)(C)C(=O)c1cc(-c2ccco2)ccn1.CC(C)(C)C(=O)c1cccc(-c2ccco2)c1.CC(C)(C)C(=O)c1cccc(-c2ccncc2)c1.CC(C)(C)C(=O)c1cccc(-c2cn[nH]c2)c1.CC(C)(C)C(=O)c1cccc(-c2ncccn2)c1.CC(C)(C)C(=O)c1cncc(-c2ccco2)c1.CC(C)(C)C(=O)c1cncc(-c2ccncc2)c1.Cc1ccc(-c2cccc(C(=O)C(C)(C)C)c2)o1. The number of aryl methyl sites for hydroxylation is 1. The third-order valence-electron chi connectivity index (χ3n) is 21.2. The lowest BCUT2D eigenvalue weighted by Gasteiger charge is -2.17. The molecule has 0 amide bonds. The number of rotatable bonds is 16. The molecular weight excluding hydrogens is 1750 g/mol. The molecule has 21 nitrogen and oxygen atoms in total. The average Bonchev–Trinajstić information content (AvgIpc) is 1.76. The number of aromatic nitrogens is 9. The van der Waals surface area contributed by atoms with E-state index in [4.69, 9.17) is 17.7 Å². The van der Waals surface area contributed by atoms with Crippen molar-refractivity contribution in [1.82, 2.24) is 45.1 Å². The number of hydrogen-bond acceptors (Lipinski definition) is 20. The maximum Gasteiger partial charge on any atom is 0.186 e. The van der Waals surface area contributed by atoms with Gasteiger partial charge in [0.1, 0.15) is 34.5 Å². The zero-order valence-corrected chi connectivity index (χ0v) is 85.1. The Labute approximate surface area is 823 Å². The van der Waals surface area contributed by atoms with E-state index in [1.54, 1.807) is 105 Å². The van der Waals surface area contributed by atoms with Crippen molar-refractivity contribution in [3.63, 3.8) is 0 Å². The van der Waals surface area contributed by atoms with E-state index in [-0.39, 0.29) is 73.3 Å². The van der Waals surface area contributed by atoms with Gasteiger partial charge in [-0.05, 0) is 163 Å². The monoisotopic (exact) mass is 1880 g/mol. The number of carbonyl (C=O) groups is 8. The van der Waals surface area contributed by atoms with Gasteiger partial charge in [-0.15, -0.1) is 0 Å². The molecule has 11 aromatic heterocycles. The number of Topliss-reactive ketones (excluding diaryl/α,β-unsaturated/α-hetero) is 8. The molecule has 16 aromatic rings. The summed E-state index contributed by atoms with van der Waals surface area (Å²) in [6.07, 6.45) is 27.1. The molecule has 0 saturated heterocycles. The Morgan fingerprint density at radius 3 is 0.914 bits per heavy atom. The van der Waals surface area contributed by atoms with Crippen molar-refractivity contribution in [2.24, 2.45) is 43.3 Å². The Bertz CT molecular complexity index is 6130. The van der Waals surface area contributed by atoms with Crippen LogP contribution in [0.2, 0.25) is 0 Å². The molecule has 0 spiro atoms. The highest BCUT2D eigenvalue weighted by atomic mass is 16.3. The Hall–Kier alpha value is -15.4. The molecule has 21 heteroatoms. The highest BCUT2D eigenvalue weighted by Gasteiger charge is 2.31. The van der Waals surface area contributed by atoms with Crippen LogP contribution in [0, 0.1) is 50.2 Å². The van der Waals surface area contributed by atoms with Gasteiger partial charge in [0.2, 0.25) is 0 Å². The van der Waals surface area contributed by atoms with Crippen molar-refractivity contribution in [1.29, 1.82) is 0 Å². The lowest BCUT2D eigenvalue weighted by atomic mass is 9.86. The van der Waals surface area contributed by atoms with Gasteiger partial charge in [0.15, 0.2) is 52.1 Å². The van der Waals surface area contributed by atoms with Crippen molar-refractivity contribution in [2.45, 2.75) is 173 Å². The second kappa shape index (κ2) is 47.6. The van der Waals surface area contributed by atoms with Crippen molar-refractivity contribution in [3.8, 4) is 90.1 Å². The largest absolute Gasteiger partial charge is 0.464 e. The van der Waals surface area contributed by atoms with E-state index in [0.717, 1.165) is 112 Å². The number of furan rings is 4. The van der Waals surface area contributed by atoms with Gasteiger partial charge in [0.25, 0.3) is 0 Å². The highest BCUT2D eigenvalue weighted by molar-refractivity contribution is 6.05.